The molecule has 0 amide bonds. The average Bonchev–Trinajstić information content (AvgIpc) is 3.35. The Morgan fingerprint density at radius 1 is 0.917 bits per heavy atom. The zero-order valence-corrected chi connectivity index (χ0v) is 18.9. The number of fused-ring (bicyclic) bond motifs is 1. The molecule has 0 saturated heterocycles. The molecule has 0 aliphatic carbocycles. The third-order valence-electron chi connectivity index (χ3n) is 5.59. The normalized spacial score (nSPS) is 11.3. The highest BCUT2D eigenvalue weighted by molar-refractivity contribution is 5.85. The van der Waals surface area contributed by atoms with E-state index in [9.17, 15) is 14.4 Å². The van der Waals surface area contributed by atoms with Crippen LogP contribution in [0.5, 0.6) is 0 Å². The summed E-state index contributed by atoms with van der Waals surface area (Å²) in [4.78, 5) is 53.5. The van der Waals surface area contributed by atoms with E-state index in [4.69, 9.17) is 5.11 Å². The molecule has 4 heterocycles. The van der Waals surface area contributed by atoms with E-state index >= 15 is 0 Å². The Balaban J connectivity index is 1.64. The Morgan fingerprint density at radius 2 is 1.56 bits per heavy atom. The molecular formula is C26H20N6O4. The van der Waals surface area contributed by atoms with Crippen molar-refractivity contribution < 1.29 is 9.90 Å². The van der Waals surface area contributed by atoms with Gasteiger partial charge in [0.1, 0.15) is 11.5 Å². The van der Waals surface area contributed by atoms with Crippen molar-refractivity contribution in [3.8, 4) is 11.4 Å². The molecule has 178 valence electrons. The van der Waals surface area contributed by atoms with Gasteiger partial charge in [0.25, 0.3) is 5.56 Å². The van der Waals surface area contributed by atoms with Crippen LogP contribution in [0.25, 0.3) is 28.6 Å². The molecule has 0 saturated carbocycles. The standard InChI is InChI=1S/C26H20N6O4/c33-21(34)10-7-17-5-8-20(9-6-17)23-29-22-24(30-23)31(15-18-3-1-11-27-13-18)26(36)32(25(22)35)16-19-4-2-12-28-14-19/h1-14H,15-16H2,(H,29,30)(H,33,34). The van der Waals surface area contributed by atoms with E-state index in [-0.39, 0.29) is 18.6 Å². The van der Waals surface area contributed by atoms with Crippen molar-refractivity contribution in [1.29, 1.82) is 0 Å². The van der Waals surface area contributed by atoms with Gasteiger partial charge in [-0.15, -0.1) is 0 Å². The molecule has 10 nitrogen and oxygen atoms in total. The Kier molecular flexibility index (Phi) is 6.06. The molecule has 10 heteroatoms. The molecule has 1 aromatic carbocycles. The number of hydrogen-bond donors (Lipinski definition) is 2. The molecule has 0 atom stereocenters. The molecule has 2 N–H and O–H groups in total. The first kappa shape index (κ1) is 22.7. The van der Waals surface area contributed by atoms with Gasteiger partial charge < -0.3 is 10.1 Å². The highest BCUT2D eigenvalue weighted by Crippen LogP contribution is 2.20. The number of carboxylic acid groups (broad SMARTS) is 1. The highest BCUT2D eigenvalue weighted by Gasteiger charge is 2.19. The van der Waals surface area contributed by atoms with Crippen molar-refractivity contribution in [3.05, 3.63) is 117 Å². The van der Waals surface area contributed by atoms with Gasteiger partial charge in [0.05, 0.1) is 13.1 Å². The zero-order chi connectivity index (χ0) is 25.1. The van der Waals surface area contributed by atoms with Crippen molar-refractivity contribution >= 4 is 23.2 Å². The SMILES string of the molecule is O=C(O)C=Cc1ccc(-c2nc3c(=O)n(Cc4cccnc4)c(=O)n(Cc4cccnc4)c3[nH]2)cc1. The fraction of sp³-hybridized carbons (Fsp3) is 0.0769. The van der Waals surface area contributed by atoms with Gasteiger partial charge >= 0.3 is 11.7 Å². The predicted octanol–water partition coefficient (Wildman–Crippen LogP) is 2.54. The van der Waals surface area contributed by atoms with Crippen molar-refractivity contribution in [2.24, 2.45) is 0 Å². The number of pyridine rings is 2. The summed E-state index contributed by atoms with van der Waals surface area (Å²) in [5.41, 5.74) is 2.33. The van der Waals surface area contributed by atoms with E-state index in [0.717, 1.165) is 16.2 Å². The number of hydrogen-bond acceptors (Lipinski definition) is 6. The molecule has 0 unspecified atom stereocenters. The van der Waals surface area contributed by atoms with Gasteiger partial charge in [-0.05, 0) is 34.9 Å². The smallest absolute Gasteiger partial charge is 0.333 e. The lowest BCUT2D eigenvalue weighted by Gasteiger charge is -2.11. The number of nitrogens with one attached hydrogen (secondary N) is 1. The summed E-state index contributed by atoms with van der Waals surface area (Å²) < 4.78 is 2.63. The van der Waals surface area contributed by atoms with Gasteiger partial charge in [0, 0.05) is 36.4 Å². The van der Waals surface area contributed by atoms with Gasteiger partial charge in [-0.2, -0.15) is 0 Å². The van der Waals surface area contributed by atoms with Crippen LogP contribution < -0.4 is 11.2 Å². The monoisotopic (exact) mass is 480 g/mol. The van der Waals surface area contributed by atoms with Crippen LogP contribution >= 0.6 is 0 Å². The lowest BCUT2D eigenvalue weighted by atomic mass is 10.1. The van der Waals surface area contributed by atoms with E-state index in [1.165, 1.54) is 10.6 Å². The second-order valence-corrected chi connectivity index (χ2v) is 8.06. The summed E-state index contributed by atoms with van der Waals surface area (Å²) >= 11 is 0. The topological polar surface area (TPSA) is 136 Å². The van der Waals surface area contributed by atoms with Gasteiger partial charge in [-0.3, -0.25) is 23.9 Å². The molecule has 0 fully saturated rings. The van der Waals surface area contributed by atoms with E-state index < -0.39 is 17.2 Å². The number of H-pyrrole nitrogens is 1. The summed E-state index contributed by atoms with van der Waals surface area (Å²) in [6.45, 7) is 0.248. The molecule has 0 aliphatic rings. The number of rotatable bonds is 7. The van der Waals surface area contributed by atoms with Crippen LogP contribution in [0.3, 0.4) is 0 Å². The number of benzene rings is 1. The lowest BCUT2D eigenvalue weighted by molar-refractivity contribution is -0.131. The molecule has 4 aromatic heterocycles. The molecule has 0 aliphatic heterocycles. The fourth-order valence-electron chi connectivity index (χ4n) is 3.86. The Labute approximate surface area is 203 Å². The third kappa shape index (κ3) is 4.60. The summed E-state index contributed by atoms with van der Waals surface area (Å²) in [5.74, 6) is -0.625. The first-order valence-corrected chi connectivity index (χ1v) is 11.0. The fourth-order valence-corrected chi connectivity index (χ4v) is 3.86. The minimum Gasteiger partial charge on any atom is -0.478 e. The van der Waals surface area contributed by atoms with Crippen molar-refractivity contribution in [2.45, 2.75) is 13.1 Å². The number of aliphatic carboxylic acids is 1. The van der Waals surface area contributed by atoms with Crippen LogP contribution in [-0.4, -0.2) is 40.1 Å². The highest BCUT2D eigenvalue weighted by atomic mass is 16.4. The maximum atomic E-state index is 13.5. The summed E-state index contributed by atoms with van der Waals surface area (Å²) in [5, 5.41) is 8.81. The quantitative estimate of drug-likeness (QED) is 0.342. The number of aromatic nitrogens is 6. The minimum absolute atomic E-state index is 0.0568. The number of nitrogens with zero attached hydrogens (tertiary/aromatic N) is 5. The van der Waals surface area contributed by atoms with Crippen LogP contribution in [0.4, 0.5) is 0 Å². The molecule has 36 heavy (non-hydrogen) atoms. The molecule has 5 rings (SSSR count). The maximum Gasteiger partial charge on any atom is 0.333 e. The average molecular weight is 480 g/mol. The maximum absolute atomic E-state index is 13.5. The van der Waals surface area contributed by atoms with Gasteiger partial charge in [0.2, 0.25) is 0 Å². The first-order valence-electron chi connectivity index (χ1n) is 11.0. The lowest BCUT2D eigenvalue weighted by Crippen LogP contribution is -2.40. The molecule has 0 bridgehead atoms. The second-order valence-electron chi connectivity index (χ2n) is 8.06. The third-order valence-corrected chi connectivity index (χ3v) is 5.59. The van der Waals surface area contributed by atoms with Gasteiger partial charge in [-0.25, -0.2) is 14.6 Å². The van der Waals surface area contributed by atoms with E-state index in [1.807, 2.05) is 6.07 Å². The second kappa shape index (κ2) is 9.63. The largest absolute Gasteiger partial charge is 0.478 e. The Bertz CT molecular complexity index is 1680. The number of carboxylic acids is 1. The first-order chi connectivity index (χ1) is 17.5. The van der Waals surface area contributed by atoms with Crippen LogP contribution in [0.1, 0.15) is 16.7 Å². The zero-order valence-electron chi connectivity index (χ0n) is 18.9. The van der Waals surface area contributed by atoms with E-state index in [0.29, 0.717) is 28.2 Å². The Morgan fingerprint density at radius 3 is 2.14 bits per heavy atom. The van der Waals surface area contributed by atoms with Crippen LogP contribution in [0, 0.1) is 0 Å². The molecule has 0 spiro atoms. The predicted molar refractivity (Wildman–Crippen MR) is 133 cm³/mol. The Hall–Kier alpha value is -5.12. The molecular weight excluding hydrogens is 460 g/mol. The van der Waals surface area contributed by atoms with Crippen molar-refractivity contribution in [1.82, 2.24) is 29.1 Å². The van der Waals surface area contributed by atoms with E-state index in [2.05, 4.69) is 19.9 Å². The number of aromatic amines is 1. The van der Waals surface area contributed by atoms with Crippen molar-refractivity contribution in [3.63, 3.8) is 0 Å². The van der Waals surface area contributed by atoms with Crippen LogP contribution in [0.2, 0.25) is 0 Å². The summed E-state index contributed by atoms with van der Waals surface area (Å²) in [7, 11) is 0. The van der Waals surface area contributed by atoms with Crippen molar-refractivity contribution in [2.75, 3.05) is 0 Å². The van der Waals surface area contributed by atoms with Gasteiger partial charge in [0.15, 0.2) is 5.52 Å². The minimum atomic E-state index is -1.04. The number of carbonyl (C=O) groups is 1. The molecule has 5 aromatic rings. The van der Waals surface area contributed by atoms with E-state index in [1.54, 1.807) is 67.3 Å². The molecule has 0 radical (unpaired) electrons. The number of imidazole rings is 1. The van der Waals surface area contributed by atoms with Gasteiger partial charge in [-0.1, -0.05) is 36.4 Å². The summed E-state index contributed by atoms with van der Waals surface area (Å²) in [6, 6.07) is 14.2. The van der Waals surface area contributed by atoms with Crippen LogP contribution in [0.15, 0.2) is 89.0 Å². The van der Waals surface area contributed by atoms with Crippen LogP contribution in [-0.2, 0) is 17.9 Å². The summed E-state index contributed by atoms with van der Waals surface area (Å²) in [6.07, 6.45) is 9.08.